The smallest absolute Gasteiger partial charge is 0.329 e. The van der Waals surface area contributed by atoms with E-state index in [0.29, 0.717) is 5.75 Å². The van der Waals surface area contributed by atoms with E-state index in [1.54, 1.807) is 24.3 Å². The molecule has 0 atom stereocenters. The lowest BCUT2D eigenvalue weighted by Crippen LogP contribution is -2.08. The van der Waals surface area contributed by atoms with Crippen LogP contribution < -0.4 is 15.8 Å². The molecule has 2 aromatic rings. The molecule has 1 heterocycles. The molecule has 0 saturated carbocycles. The van der Waals surface area contributed by atoms with Gasteiger partial charge in [0.1, 0.15) is 18.6 Å². The van der Waals surface area contributed by atoms with Crippen molar-refractivity contribution in [2.75, 3.05) is 17.7 Å². The highest BCUT2D eigenvalue weighted by molar-refractivity contribution is 5.53. The van der Waals surface area contributed by atoms with E-state index in [1.165, 1.54) is 0 Å². The molecule has 122 valence electrons. The molecule has 23 heavy (non-hydrogen) atoms. The summed E-state index contributed by atoms with van der Waals surface area (Å²) in [6.07, 6.45) is -1.54. The van der Waals surface area contributed by atoms with Gasteiger partial charge < -0.3 is 15.8 Å². The van der Waals surface area contributed by atoms with Crippen molar-refractivity contribution in [1.29, 1.82) is 0 Å². The molecule has 0 fully saturated rings. The second kappa shape index (κ2) is 7.29. The molecule has 0 unspecified atom stereocenters. The van der Waals surface area contributed by atoms with Crippen LogP contribution in [0.1, 0.15) is 5.56 Å². The molecular formula is C13H13F2N5O3. The van der Waals surface area contributed by atoms with Crippen LogP contribution in [0.3, 0.4) is 0 Å². The molecule has 0 saturated heterocycles. The lowest BCUT2D eigenvalue weighted by molar-refractivity contribution is -0.384. The lowest BCUT2D eigenvalue weighted by atomic mass is 10.2. The molecule has 0 spiro atoms. The Hall–Kier alpha value is -3.04. The second-order valence-electron chi connectivity index (χ2n) is 4.42. The van der Waals surface area contributed by atoms with E-state index in [2.05, 4.69) is 15.3 Å². The van der Waals surface area contributed by atoms with E-state index in [-0.39, 0.29) is 24.0 Å². The van der Waals surface area contributed by atoms with Gasteiger partial charge in [-0.3, -0.25) is 10.1 Å². The number of hydrogen-bond donors (Lipinski definition) is 2. The summed E-state index contributed by atoms with van der Waals surface area (Å²) in [7, 11) is 0. The molecule has 0 amide bonds. The highest BCUT2D eigenvalue weighted by atomic mass is 19.3. The highest BCUT2D eigenvalue weighted by Gasteiger charge is 2.14. The zero-order valence-corrected chi connectivity index (χ0v) is 11.8. The fraction of sp³-hybridized carbons (Fsp3) is 0.231. The fourth-order valence-corrected chi connectivity index (χ4v) is 1.70. The van der Waals surface area contributed by atoms with Gasteiger partial charge in [0.2, 0.25) is 11.8 Å². The molecule has 0 radical (unpaired) electrons. The Labute approximate surface area is 129 Å². The van der Waals surface area contributed by atoms with Crippen LogP contribution in [0.5, 0.6) is 5.75 Å². The predicted octanol–water partition coefficient (Wildman–Crippen LogP) is 2.22. The van der Waals surface area contributed by atoms with Crippen molar-refractivity contribution in [3.05, 3.63) is 46.1 Å². The van der Waals surface area contributed by atoms with Crippen molar-refractivity contribution in [3.63, 3.8) is 0 Å². The number of aromatic nitrogens is 2. The Morgan fingerprint density at radius 2 is 2.22 bits per heavy atom. The van der Waals surface area contributed by atoms with Crippen molar-refractivity contribution in [2.45, 2.75) is 13.0 Å². The zero-order valence-electron chi connectivity index (χ0n) is 11.8. The second-order valence-corrected chi connectivity index (χ2v) is 4.42. The average Bonchev–Trinajstić information content (AvgIpc) is 2.51. The first-order valence-electron chi connectivity index (χ1n) is 6.46. The van der Waals surface area contributed by atoms with Gasteiger partial charge in [-0.15, -0.1) is 0 Å². The SMILES string of the molecule is Nc1nc(NCc2cccc(OCC(F)F)c2)ncc1[N+](=O)[O-]. The number of nitrogen functional groups attached to an aromatic ring is 1. The summed E-state index contributed by atoms with van der Waals surface area (Å²) in [6, 6.07) is 6.55. The van der Waals surface area contributed by atoms with E-state index in [1.807, 2.05) is 0 Å². The van der Waals surface area contributed by atoms with E-state index >= 15 is 0 Å². The molecule has 2 rings (SSSR count). The molecule has 10 heteroatoms. The van der Waals surface area contributed by atoms with Crippen LogP contribution in [0.15, 0.2) is 30.5 Å². The summed E-state index contributed by atoms with van der Waals surface area (Å²) in [4.78, 5) is 17.5. The van der Waals surface area contributed by atoms with Crippen LogP contribution in [0, 0.1) is 10.1 Å². The van der Waals surface area contributed by atoms with Gasteiger partial charge in [-0.25, -0.2) is 13.8 Å². The van der Waals surface area contributed by atoms with Crippen LogP contribution in [0.25, 0.3) is 0 Å². The number of nitrogens with two attached hydrogens (primary N) is 1. The maximum absolute atomic E-state index is 12.1. The quantitative estimate of drug-likeness (QED) is 0.592. The molecule has 3 N–H and O–H groups in total. The monoisotopic (exact) mass is 325 g/mol. The largest absolute Gasteiger partial charge is 0.488 e. The van der Waals surface area contributed by atoms with Gasteiger partial charge in [0, 0.05) is 6.54 Å². The molecule has 0 aliphatic heterocycles. The van der Waals surface area contributed by atoms with Gasteiger partial charge >= 0.3 is 5.69 Å². The first-order valence-corrected chi connectivity index (χ1v) is 6.46. The van der Waals surface area contributed by atoms with E-state index in [4.69, 9.17) is 10.5 Å². The number of alkyl halides is 2. The first-order chi connectivity index (χ1) is 11.0. The van der Waals surface area contributed by atoms with Crippen LogP contribution in [-0.2, 0) is 6.54 Å². The molecule has 0 aliphatic carbocycles. The van der Waals surface area contributed by atoms with Crippen molar-refractivity contribution < 1.29 is 18.4 Å². The van der Waals surface area contributed by atoms with Gasteiger partial charge in [0.25, 0.3) is 6.43 Å². The van der Waals surface area contributed by atoms with Gasteiger partial charge in [-0.2, -0.15) is 4.98 Å². The maximum atomic E-state index is 12.1. The lowest BCUT2D eigenvalue weighted by Gasteiger charge is -2.08. The summed E-state index contributed by atoms with van der Waals surface area (Å²) >= 11 is 0. The van der Waals surface area contributed by atoms with Crippen LogP contribution in [-0.4, -0.2) is 27.9 Å². The predicted molar refractivity (Wildman–Crippen MR) is 78.4 cm³/mol. The minimum Gasteiger partial charge on any atom is -0.488 e. The number of nitrogens with zero attached hydrogens (tertiary/aromatic N) is 3. The van der Waals surface area contributed by atoms with Gasteiger partial charge in [0.05, 0.1) is 4.92 Å². The summed E-state index contributed by atoms with van der Waals surface area (Å²) in [5.41, 5.74) is 5.82. The highest BCUT2D eigenvalue weighted by Crippen LogP contribution is 2.19. The standard InChI is InChI=1S/C13H13F2N5O3/c14-11(15)7-23-9-3-1-2-8(4-9)5-17-13-18-6-10(20(21)22)12(16)19-13/h1-4,6,11H,5,7H2,(H3,16,17,18,19). The molecule has 1 aromatic carbocycles. The Bertz CT molecular complexity index is 699. The Morgan fingerprint density at radius 1 is 1.43 bits per heavy atom. The van der Waals surface area contributed by atoms with Gasteiger partial charge in [0.15, 0.2) is 0 Å². The minimum absolute atomic E-state index is 0.118. The minimum atomic E-state index is -2.55. The van der Waals surface area contributed by atoms with Gasteiger partial charge in [-0.05, 0) is 17.7 Å². The van der Waals surface area contributed by atoms with Crippen molar-refractivity contribution in [3.8, 4) is 5.75 Å². The van der Waals surface area contributed by atoms with E-state index < -0.39 is 18.0 Å². The molecule has 0 bridgehead atoms. The number of benzene rings is 1. The van der Waals surface area contributed by atoms with Crippen LogP contribution in [0.2, 0.25) is 0 Å². The molecule has 8 nitrogen and oxygen atoms in total. The maximum Gasteiger partial charge on any atom is 0.329 e. The van der Waals surface area contributed by atoms with Crippen molar-refractivity contribution in [2.24, 2.45) is 0 Å². The third-order valence-electron chi connectivity index (χ3n) is 2.72. The number of ether oxygens (including phenoxy) is 1. The fourth-order valence-electron chi connectivity index (χ4n) is 1.70. The number of nitro groups is 1. The Kier molecular flexibility index (Phi) is 5.18. The Morgan fingerprint density at radius 3 is 2.87 bits per heavy atom. The third kappa shape index (κ3) is 4.73. The number of halogens is 2. The molecule has 0 aliphatic rings. The summed E-state index contributed by atoms with van der Waals surface area (Å²) in [5, 5.41) is 13.4. The van der Waals surface area contributed by atoms with E-state index in [0.717, 1.165) is 11.8 Å². The Balaban J connectivity index is 1.99. The molecular weight excluding hydrogens is 312 g/mol. The third-order valence-corrected chi connectivity index (χ3v) is 2.72. The summed E-state index contributed by atoms with van der Waals surface area (Å²) in [6.45, 7) is -0.415. The van der Waals surface area contributed by atoms with Gasteiger partial charge in [-0.1, -0.05) is 12.1 Å². The van der Waals surface area contributed by atoms with Crippen LogP contribution >= 0.6 is 0 Å². The normalized spacial score (nSPS) is 10.6. The topological polar surface area (TPSA) is 116 Å². The number of nitrogens with one attached hydrogen (secondary N) is 1. The summed E-state index contributed by atoms with van der Waals surface area (Å²) in [5.74, 6) is 0.183. The number of rotatable bonds is 7. The van der Waals surface area contributed by atoms with Crippen LogP contribution in [0.4, 0.5) is 26.2 Å². The average molecular weight is 325 g/mol. The van der Waals surface area contributed by atoms with E-state index in [9.17, 15) is 18.9 Å². The first kappa shape index (κ1) is 16.3. The number of anilines is 2. The number of hydrogen-bond acceptors (Lipinski definition) is 7. The zero-order chi connectivity index (χ0) is 16.8. The van der Waals surface area contributed by atoms with Crippen molar-refractivity contribution >= 4 is 17.5 Å². The molecule has 1 aromatic heterocycles. The van der Waals surface area contributed by atoms with Crippen molar-refractivity contribution in [1.82, 2.24) is 9.97 Å². The summed E-state index contributed by atoms with van der Waals surface area (Å²) < 4.78 is 29.1.